The molecular formula is C20H28N8. The Morgan fingerprint density at radius 2 is 1.93 bits per heavy atom. The molecule has 0 amide bonds. The molecule has 0 atom stereocenters. The van der Waals surface area contributed by atoms with Crippen LogP contribution in [0.2, 0.25) is 0 Å². The highest BCUT2D eigenvalue weighted by Crippen LogP contribution is 2.29. The summed E-state index contributed by atoms with van der Waals surface area (Å²) in [5.41, 5.74) is 4.94. The van der Waals surface area contributed by atoms with Gasteiger partial charge in [0, 0.05) is 32.3 Å². The number of piperidine rings is 1. The molecule has 1 aliphatic carbocycles. The Kier molecular flexibility index (Phi) is 4.50. The SMILES string of the molecule is CN(C)c1ccc2nnc(C3CCN(Cc4n[nH]c5c4CCCC5)CC3)n2n1. The summed E-state index contributed by atoms with van der Waals surface area (Å²) in [7, 11) is 4.01. The summed E-state index contributed by atoms with van der Waals surface area (Å²) in [6, 6.07) is 3.98. The van der Waals surface area contributed by atoms with Gasteiger partial charge in [0.15, 0.2) is 11.5 Å². The van der Waals surface area contributed by atoms with Gasteiger partial charge in [-0.3, -0.25) is 10.00 Å². The lowest BCUT2D eigenvalue weighted by Gasteiger charge is -2.30. The third-order valence-electron chi connectivity index (χ3n) is 6.20. The molecule has 0 spiro atoms. The van der Waals surface area contributed by atoms with Gasteiger partial charge in [-0.1, -0.05) is 0 Å². The molecule has 0 bridgehead atoms. The maximum atomic E-state index is 4.73. The zero-order valence-electron chi connectivity index (χ0n) is 16.7. The van der Waals surface area contributed by atoms with Gasteiger partial charge in [0.25, 0.3) is 0 Å². The molecule has 0 saturated carbocycles. The lowest BCUT2D eigenvalue weighted by molar-refractivity contribution is 0.198. The van der Waals surface area contributed by atoms with E-state index in [9.17, 15) is 0 Å². The van der Waals surface area contributed by atoms with E-state index in [1.54, 1.807) is 0 Å². The van der Waals surface area contributed by atoms with E-state index in [0.29, 0.717) is 5.92 Å². The first-order valence-corrected chi connectivity index (χ1v) is 10.4. The molecule has 8 heteroatoms. The normalized spacial score (nSPS) is 18.5. The average molecular weight is 381 g/mol. The zero-order valence-corrected chi connectivity index (χ0v) is 16.7. The van der Waals surface area contributed by atoms with Gasteiger partial charge in [0.2, 0.25) is 0 Å². The number of anilines is 1. The molecule has 1 N–H and O–H groups in total. The predicted octanol–water partition coefficient (Wildman–Crippen LogP) is 2.17. The molecular weight excluding hydrogens is 352 g/mol. The van der Waals surface area contributed by atoms with Crippen LogP contribution >= 0.6 is 0 Å². The quantitative estimate of drug-likeness (QED) is 0.747. The van der Waals surface area contributed by atoms with Crippen molar-refractivity contribution in [1.29, 1.82) is 0 Å². The van der Waals surface area contributed by atoms with Gasteiger partial charge in [0.1, 0.15) is 5.82 Å². The van der Waals surface area contributed by atoms with Gasteiger partial charge in [-0.15, -0.1) is 15.3 Å². The summed E-state index contributed by atoms with van der Waals surface area (Å²) in [5, 5.41) is 21.4. The maximum Gasteiger partial charge on any atom is 0.178 e. The number of hydrogen-bond donors (Lipinski definition) is 1. The van der Waals surface area contributed by atoms with Crippen molar-refractivity contribution < 1.29 is 0 Å². The highest BCUT2D eigenvalue weighted by molar-refractivity contribution is 5.45. The van der Waals surface area contributed by atoms with E-state index in [0.717, 1.165) is 56.2 Å². The number of H-pyrrole nitrogens is 1. The van der Waals surface area contributed by atoms with Crippen LogP contribution in [0.15, 0.2) is 12.1 Å². The van der Waals surface area contributed by atoms with Crippen molar-refractivity contribution in [2.75, 3.05) is 32.1 Å². The molecule has 1 fully saturated rings. The van der Waals surface area contributed by atoms with E-state index in [-0.39, 0.29) is 0 Å². The Morgan fingerprint density at radius 1 is 1.11 bits per heavy atom. The van der Waals surface area contributed by atoms with E-state index < -0.39 is 0 Å². The van der Waals surface area contributed by atoms with Crippen molar-refractivity contribution in [3.8, 4) is 0 Å². The predicted molar refractivity (Wildman–Crippen MR) is 108 cm³/mol. The highest BCUT2D eigenvalue weighted by atomic mass is 15.4. The van der Waals surface area contributed by atoms with Crippen molar-refractivity contribution in [2.24, 2.45) is 0 Å². The number of hydrogen-bond acceptors (Lipinski definition) is 6. The van der Waals surface area contributed by atoms with E-state index >= 15 is 0 Å². The fraction of sp³-hybridized carbons (Fsp3) is 0.600. The van der Waals surface area contributed by atoms with Gasteiger partial charge < -0.3 is 4.90 Å². The second kappa shape index (κ2) is 7.16. The monoisotopic (exact) mass is 380 g/mol. The van der Waals surface area contributed by atoms with Crippen molar-refractivity contribution in [1.82, 2.24) is 34.9 Å². The van der Waals surface area contributed by atoms with Crippen LogP contribution < -0.4 is 4.90 Å². The minimum absolute atomic E-state index is 0.407. The Bertz CT molecular complexity index is 964. The van der Waals surface area contributed by atoms with Gasteiger partial charge in [-0.2, -0.15) is 9.61 Å². The fourth-order valence-corrected chi connectivity index (χ4v) is 4.53. The van der Waals surface area contributed by atoms with Crippen molar-refractivity contribution in [2.45, 2.75) is 51.0 Å². The first-order valence-electron chi connectivity index (χ1n) is 10.4. The highest BCUT2D eigenvalue weighted by Gasteiger charge is 2.27. The standard InChI is InChI=1S/C20H28N8/c1-26(2)19-8-7-18-23-24-20(28(18)25-19)14-9-11-27(12-10-14)13-17-15-5-3-4-6-16(15)21-22-17/h7-8,14H,3-6,9-13H2,1-2H3,(H,21,22). The van der Waals surface area contributed by atoms with Crippen LogP contribution in [0, 0.1) is 0 Å². The topological polar surface area (TPSA) is 78.2 Å². The minimum Gasteiger partial charge on any atom is -0.361 e. The van der Waals surface area contributed by atoms with Crippen LogP contribution in [0.3, 0.4) is 0 Å². The summed E-state index contributed by atoms with van der Waals surface area (Å²) >= 11 is 0. The molecule has 0 radical (unpaired) electrons. The van der Waals surface area contributed by atoms with Gasteiger partial charge in [0.05, 0.1) is 5.69 Å². The first-order chi connectivity index (χ1) is 13.7. The third kappa shape index (κ3) is 3.15. The van der Waals surface area contributed by atoms with E-state index in [4.69, 9.17) is 5.10 Å². The first kappa shape index (κ1) is 17.6. The summed E-state index contributed by atoms with van der Waals surface area (Å²) in [6.45, 7) is 3.09. The van der Waals surface area contributed by atoms with Crippen LogP contribution in [0.4, 0.5) is 5.82 Å². The van der Waals surface area contributed by atoms with Crippen LogP contribution in [0.1, 0.15) is 54.4 Å². The molecule has 1 saturated heterocycles. The van der Waals surface area contributed by atoms with E-state index in [1.807, 2.05) is 35.6 Å². The molecule has 1 aliphatic heterocycles. The molecule has 148 valence electrons. The number of aryl methyl sites for hydroxylation is 1. The van der Waals surface area contributed by atoms with Crippen LogP contribution in [-0.4, -0.2) is 62.1 Å². The Morgan fingerprint density at radius 3 is 2.75 bits per heavy atom. The van der Waals surface area contributed by atoms with Crippen molar-refractivity contribution in [3.05, 3.63) is 34.9 Å². The summed E-state index contributed by atoms with van der Waals surface area (Å²) in [4.78, 5) is 4.54. The zero-order chi connectivity index (χ0) is 19.1. The number of aromatic amines is 1. The molecule has 0 aromatic carbocycles. The largest absolute Gasteiger partial charge is 0.361 e. The van der Waals surface area contributed by atoms with Crippen molar-refractivity contribution in [3.63, 3.8) is 0 Å². The summed E-state index contributed by atoms with van der Waals surface area (Å²) in [5.74, 6) is 2.33. The summed E-state index contributed by atoms with van der Waals surface area (Å²) in [6.07, 6.45) is 7.09. The minimum atomic E-state index is 0.407. The van der Waals surface area contributed by atoms with Crippen LogP contribution in [-0.2, 0) is 19.4 Å². The maximum absolute atomic E-state index is 4.73. The Labute approximate surface area is 164 Å². The summed E-state index contributed by atoms with van der Waals surface area (Å²) < 4.78 is 1.93. The second-order valence-corrected chi connectivity index (χ2v) is 8.30. The molecule has 5 rings (SSSR count). The molecule has 4 heterocycles. The molecule has 0 unspecified atom stereocenters. The Hall–Kier alpha value is -2.48. The van der Waals surface area contributed by atoms with Gasteiger partial charge in [-0.25, -0.2) is 0 Å². The number of nitrogens with one attached hydrogen (secondary N) is 1. The Balaban J connectivity index is 1.28. The van der Waals surface area contributed by atoms with Crippen LogP contribution in [0.5, 0.6) is 0 Å². The lowest BCUT2D eigenvalue weighted by Crippen LogP contribution is -2.33. The molecule has 8 nitrogen and oxygen atoms in total. The van der Waals surface area contributed by atoms with Gasteiger partial charge in [-0.05, 0) is 69.3 Å². The van der Waals surface area contributed by atoms with E-state index in [1.165, 1.54) is 36.2 Å². The van der Waals surface area contributed by atoms with Gasteiger partial charge >= 0.3 is 0 Å². The molecule has 3 aromatic rings. The lowest BCUT2D eigenvalue weighted by atomic mass is 9.94. The second-order valence-electron chi connectivity index (χ2n) is 8.30. The molecule has 28 heavy (non-hydrogen) atoms. The van der Waals surface area contributed by atoms with E-state index in [2.05, 4.69) is 25.3 Å². The smallest absolute Gasteiger partial charge is 0.178 e. The molecule has 2 aliphatic rings. The average Bonchev–Trinajstić information content (AvgIpc) is 3.33. The number of fused-ring (bicyclic) bond motifs is 2. The number of rotatable bonds is 4. The van der Waals surface area contributed by atoms with Crippen molar-refractivity contribution >= 4 is 11.5 Å². The number of nitrogens with zero attached hydrogens (tertiary/aromatic N) is 7. The number of likely N-dealkylation sites (tertiary alicyclic amines) is 1. The molecule has 3 aromatic heterocycles. The number of aromatic nitrogens is 6. The third-order valence-corrected chi connectivity index (χ3v) is 6.20. The fourth-order valence-electron chi connectivity index (χ4n) is 4.53. The van der Waals surface area contributed by atoms with Crippen LogP contribution in [0.25, 0.3) is 5.65 Å².